The zero-order chi connectivity index (χ0) is 19.6. The average molecular weight is 366 g/mol. The summed E-state index contributed by atoms with van der Waals surface area (Å²) in [6, 6.07) is 16.6. The SMILES string of the molecule is CCOc1ccc(N(CCC#N)C(=O)c2cccc(OCC(C)C)c2)cc1. The van der Waals surface area contributed by atoms with E-state index in [1.54, 1.807) is 17.0 Å². The zero-order valence-electron chi connectivity index (χ0n) is 16.1. The fraction of sp³-hybridized carbons (Fsp3) is 0.364. The smallest absolute Gasteiger partial charge is 0.258 e. The average Bonchev–Trinajstić information content (AvgIpc) is 2.68. The molecule has 0 unspecified atom stereocenters. The van der Waals surface area contributed by atoms with Gasteiger partial charge in [0.1, 0.15) is 11.5 Å². The van der Waals surface area contributed by atoms with Gasteiger partial charge in [0.25, 0.3) is 5.91 Å². The third-order valence-corrected chi connectivity index (χ3v) is 3.82. The van der Waals surface area contributed by atoms with Crippen molar-refractivity contribution in [2.24, 2.45) is 5.92 Å². The maximum Gasteiger partial charge on any atom is 0.258 e. The molecule has 0 N–H and O–H groups in total. The molecule has 0 heterocycles. The van der Waals surface area contributed by atoms with Crippen molar-refractivity contribution in [1.82, 2.24) is 0 Å². The van der Waals surface area contributed by atoms with E-state index in [1.807, 2.05) is 43.3 Å². The molecule has 0 bridgehead atoms. The van der Waals surface area contributed by atoms with Gasteiger partial charge in [-0.05, 0) is 55.3 Å². The van der Waals surface area contributed by atoms with E-state index in [0.717, 1.165) is 11.4 Å². The fourth-order valence-corrected chi connectivity index (χ4v) is 2.54. The Balaban J connectivity index is 2.24. The van der Waals surface area contributed by atoms with E-state index >= 15 is 0 Å². The third-order valence-electron chi connectivity index (χ3n) is 3.82. The third kappa shape index (κ3) is 6.03. The normalized spacial score (nSPS) is 10.3. The molecule has 0 aliphatic carbocycles. The monoisotopic (exact) mass is 366 g/mol. The molecule has 27 heavy (non-hydrogen) atoms. The summed E-state index contributed by atoms with van der Waals surface area (Å²) in [6.07, 6.45) is 0.252. The maximum absolute atomic E-state index is 13.1. The van der Waals surface area contributed by atoms with E-state index in [0.29, 0.717) is 37.0 Å². The van der Waals surface area contributed by atoms with Crippen LogP contribution in [0.5, 0.6) is 11.5 Å². The summed E-state index contributed by atoms with van der Waals surface area (Å²) in [5.74, 6) is 1.66. The summed E-state index contributed by atoms with van der Waals surface area (Å²) >= 11 is 0. The molecule has 2 rings (SSSR count). The standard InChI is InChI=1S/C22H26N2O3/c1-4-26-20-11-9-19(10-12-20)24(14-6-13-23)22(25)18-7-5-8-21(15-18)27-16-17(2)3/h5,7-12,15,17H,4,6,14,16H2,1-3H3. The number of benzene rings is 2. The Morgan fingerprint density at radius 3 is 2.48 bits per heavy atom. The summed E-state index contributed by atoms with van der Waals surface area (Å²) in [5.41, 5.74) is 1.26. The topological polar surface area (TPSA) is 62.6 Å². The van der Waals surface area contributed by atoms with Gasteiger partial charge in [-0.2, -0.15) is 5.26 Å². The highest BCUT2D eigenvalue weighted by Crippen LogP contribution is 2.23. The van der Waals surface area contributed by atoms with Gasteiger partial charge in [0.05, 0.1) is 25.7 Å². The molecule has 0 aromatic heterocycles. The molecule has 0 aliphatic rings. The number of amides is 1. The second-order valence-corrected chi connectivity index (χ2v) is 6.52. The van der Waals surface area contributed by atoms with E-state index in [9.17, 15) is 4.79 Å². The van der Waals surface area contributed by atoms with Crippen LogP contribution < -0.4 is 14.4 Å². The number of hydrogen-bond donors (Lipinski definition) is 0. The second-order valence-electron chi connectivity index (χ2n) is 6.52. The minimum atomic E-state index is -0.163. The second kappa shape index (κ2) is 10.2. The number of nitriles is 1. The lowest BCUT2D eigenvalue weighted by Crippen LogP contribution is -2.31. The number of carbonyl (C=O) groups excluding carboxylic acids is 1. The molecule has 5 nitrogen and oxygen atoms in total. The number of hydrogen-bond acceptors (Lipinski definition) is 4. The number of anilines is 1. The van der Waals surface area contributed by atoms with Crippen molar-refractivity contribution in [3.63, 3.8) is 0 Å². The van der Waals surface area contributed by atoms with Crippen molar-refractivity contribution in [3.8, 4) is 17.6 Å². The first-order valence-corrected chi connectivity index (χ1v) is 9.19. The molecular formula is C22H26N2O3. The molecule has 5 heteroatoms. The predicted molar refractivity (Wildman–Crippen MR) is 106 cm³/mol. The number of carbonyl (C=O) groups is 1. The van der Waals surface area contributed by atoms with Gasteiger partial charge < -0.3 is 14.4 Å². The highest BCUT2D eigenvalue weighted by atomic mass is 16.5. The van der Waals surface area contributed by atoms with E-state index in [-0.39, 0.29) is 12.3 Å². The quantitative estimate of drug-likeness (QED) is 0.646. The summed E-state index contributed by atoms with van der Waals surface area (Å²) in [5, 5.41) is 8.97. The molecule has 0 atom stereocenters. The summed E-state index contributed by atoms with van der Waals surface area (Å²) in [6.45, 7) is 7.56. The lowest BCUT2D eigenvalue weighted by atomic mass is 10.1. The molecule has 1 amide bonds. The minimum Gasteiger partial charge on any atom is -0.494 e. The molecule has 0 saturated heterocycles. The van der Waals surface area contributed by atoms with Crippen molar-refractivity contribution in [2.45, 2.75) is 27.2 Å². The van der Waals surface area contributed by atoms with Gasteiger partial charge in [0, 0.05) is 17.8 Å². The van der Waals surface area contributed by atoms with Gasteiger partial charge in [-0.3, -0.25) is 4.79 Å². The van der Waals surface area contributed by atoms with Crippen molar-refractivity contribution >= 4 is 11.6 Å². The lowest BCUT2D eigenvalue weighted by molar-refractivity contribution is 0.0987. The van der Waals surface area contributed by atoms with Crippen LogP contribution >= 0.6 is 0 Å². The van der Waals surface area contributed by atoms with Gasteiger partial charge in [-0.1, -0.05) is 19.9 Å². The van der Waals surface area contributed by atoms with Crippen LogP contribution in [0, 0.1) is 17.2 Å². The van der Waals surface area contributed by atoms with Gasteiger partial charge in [-0.15, -0.1) is 0 Å². The maximum atomic E-state index is 13.1. The van der Waals surface area contributed by atoms with Gasteiger partial charge in [0.15, 0.2) is 0 Å². The van der Waals surface area contributed by atoms with Gasteiger partial charge in [-0.25, -0.2) is 0 Å². The van der Waals surface area contributed by atoms with Gasteiger partial charge in [0.2, 0.25) is 0 Å². The molecule has 2 aromatic rings. The van der Waals surface area contributed by atoms with E-state index in [4.69, 9.17) is 14.7 Å². The highest BCUT2D eigenvalue weighted by molar-refractivity contribution is 6.06. The van der Waals surface area contributed by atoms with Crippen LogP contribution in [-0.2, 0) is 0 Å². The summed E-state index contributed by atoms with van der Waals surface area (Å²) < 4.78 is 11.2. The van der Waals surface area contributed by atoms with Crippen LogP contribution in [0.25, 0.3) is 0 Å². The Morgan fingerprint density at radius 2 is 1.85 bits per heavy atom. The zero-order valence-corrected chi connectivity index (χ0v) is 16.1. The molecule has 0 saturated carbocycles. The van der Waals surface area contributed by atoms with Crippen molar-refractivity contribution in [2.75, 3.05) is 24.7 Å². The molecule has 0 spiro atoms. The Morgan fingerprint density at radius 1 is 1.11 bits per heavy atom. The van der Waals surface area contributed by atoms with Crippen LogP contribution in [0.2, 0.25) is 0 Å². The first-order chi connectivity index (χ1) is 13.0. The first kappa shape index (κ1) is 20.3. The Hall–Kier alpha value is -3.00. The Kier molecular flexibility index (Phi) is 7.69. The summed E-state index contributed by atoms with van der Waals surface area (Å²) in [4.78, 5) is 14.7. The van der Waals surface area contributed by atoms with Crippen molar-refractivity contribution < 1.29 is 14.3 Å². The lowest BCUT2D eigenvalue weighted by Gasteiger charge is -2.22. The molecule has 142 valence electrons. The number of rotatable bonds is 9. The number of ether oxygens (including phenoxy) is 2. The van der Waals surface area contributed by atoms with Crippen LogP contribution in [-0.4, -0.2) is 25.7 Å². The Labute approximate surface area is 161 Å². The van der Waals surface area contributed by atoms with Crippen molar-refractivity contribution in [3.05, 3.63) is 54.1 Å². The summed E-state index contributed by atoms with van der Waals surface area (Å²) in [7, 11) is 0. The molecule has 0 aliphatic heterocycles. The first-order valence-electron chi connectivity index (χ1n) is 9.19. The van der Waals surface area contributed by atoms with Crippen LogP contribution in [0.3, 0.4) is 0 Å². The van der Waals surface area contributed by atoms with Crippen molar-refractivity contribution in [1.29, 1.82) is 5.26 Å². The van der Waals surface area contributed by atoms with Crippen LogP contribution in [0.1, 0.15) is 37.6 Å². The largest absolute Gasteiger partial charge is 0.494 e. The highest BCUT2D eigenvalue weighted by Gasteiger charge is 2.18. The molecule has 0 fully saturated rings. The number of nitrogens with zero attached hydrogens (tertiary/aromatic N) is 2. The predicted octanol–water partition coefficient (Wildman–Crippen LogP) is 4.68. The molecular weight excluding hydrogens is 340 g/mol. The molecule has 0 radical (unpaired) electrons. The van der Waals surface area contributed by atoms with Crippen LogP contribution in [0.15, 0.2) is 48.5 Å². The molecule has 2 aromatic carbocycles. The van der Waals surface area contributed by atoms with Gasteiger partial charge >= 0.3 is 0 Å². The van der Waals surface area contributed by atoms with E-state index < -0.39 is 0 Å². The van der Waals surface area contributed by atoms with Crippen LogP contribution in [0.4, 0.5) is 5.69 Å². The minimum absolute atomic E-state index is 0.163. The Bertz CT molecular complexity index is 779. The fourth-order valence-electron chi connectivity index (χ4n) is 2.54. The van der Waals surface area contributed by atoms with E-state index in [2.05, 4.69) is 19.9 Å². The van der Waals surface area contributed by atoms with E-state index in [1.165, 1.54) is 0 Å².